The molecule has 10 heteroatoms. The van der Waals surface area contributed by atoms with Crippen molar-refractivity contribution in [3.8, 4) is 0 Å². The molecule has 0 amide bonds. The number of unbranched alkanes of at least 4 members (excludes halogenated alkanes) is 6. The van der Waals surface area contributed by atoms with Crippen molar-refractivity contribution in [2.75, 3.05) is 47.5 Å². The molecule has 0 aromatic carbocycles. The van der Waals surface area contributed by atoms with Gasteiger partial charge in [-0.2, -0.15) is 0 Å². The molecule has 0 aromatic heterocycles. The van der Waals surface area contributed by atoms with Gasteiger partial charge in [0.05, 0.1) is 27.7 Å². The molecular formula is C70H108NO8P. The molecule has 0 fully saturated rings. The van der Waals surface area contributed by atoms with E-state index in [0.29, 0.717) is 23.9 Å². The van der Waals surface area contributed by atoms with Gasteiger partial charge < -0.3 is 27.9 Å². The highest BCUT2D eigenvalue weighted by atomic mass is 31.2. The standard InChI is InChI=1S/C70H108NO8P/c1-6-8-10-12-14-16-18-20-22-24-26-27-28-29-30-31-32-33-34-35-36-37-38-39-40-41-42-43-45-47-49-51-53-55-57-59-61-63-70(73)79-68(67-78-80(74,75)77-65-64-71(3,4)5)66-76-69(72)62-60-58-56-54-52-50-48-46-44-25-23-21-19-17-15-13-11-9-7-2/h8-11,14-17,20-23,26-27,29-30,32-33,35-36,38-39,41-42,44-47,50-53,68H,6-7,12-13,18-19,24-25,28,31,34,37,40,43,48-49,54-67H2,1-5H3/b10-8-,11-9-,16-14-,17-15-,22-20-,23-21-,27-26-,30-29-,33-32-,36-35-,39-38-,42-41-,46-44-,47-45-,52-50-,53-51-. The van der Waals surface area contributed by atoms with Crippen LogP contribution in [0, 0.1) is 0 Å². The summed E-state index contributed by atoms with van der Waals surface area (Å²) in [6.07, 6.45) is 92.0. The van der Waals surface area contributed by atoms with E-state index < -0.39 is 32.5 Å². The minimum atomic E-state index is -4.67. The first kappa shape index (κ1) is 74.8. The van der Waals surface area contributed by atoms with Crippen molar-refractivity contribution in [3.05, 3.63) is 194 Å². The third-order valence-corrected chi connectivity index (χ3v) is 12.6. The maximum absolute atomic E-state index is 12.8. The number of phosphoric ester groups is 1. The molecule has 0 N–H and O–H groups in total. The van der Waals surface area contributed by atoms with Crippen LogP contribution < -0.4 is 4.89 Å². The average molecular weight is 1120 g/mol. The molecule has 0 aliphatic carbocycles. The SMILES string of the molecule is CC/C=C\C/C=C\C/C=C\C/C=C\C/C=C\C/C=C\C/C=C\C/C=C\C/C=C\C/C=C\C/C=C\CCCCCC(=O)OC(COC(=O)CCCCC/C=C\C/C=C\C/C=C\C/C=C\C/C=C\CC)COP(=O)([O-])OCC[N+](C)(C)C. The van der Waals surface area contributed by atoms with Crippen molar-refractivity contribution in [3.63, 3.8) is 0 Å². The van der Waals surface area contributed by atoms with Gasteiger partial charge in [-0.05, 0) is 141 Å². The first-order valence-corrected chi connectivity index (χ1v) is 31.6. The summed E-state index contributed by atoms with van der Waals surface area (Å²) in [6.45, 7) is 3.89. The van der Waals surface area contributed by atoms with Crippen LogP contribution >= 0.6 is 7.82 Å². The number of esters is 2. The van der Waals surface area contributed by atoms with Crippen LogP contribution in [0.5, 0.6) is 0 Å². The topological polar surface area (TPSA) is 111 Å². The third-order valence-electron chi connectivity index (χ3n) is 11.6. The fraction of sp³-hybridized carbons (Fsp3) is 0.514. The number of hydrogen-bond acceptors (Lipinski definition) is 8. The summed E-state index contributed by atoms with van der Waals surface area (Å²) in [5.41, 5.74) is 0. The number of ether oxygens (including phenoxy) is 2. The second kappa shape index (κ2) is 58.5. The van der Waals surface area contributed by atoms with Gasteiger partial charge in [0.1, 0.15) is 19.8 Å². The minimum Gasteiger partial charge on any atom is -0.756 e. The molecule has 0 bridgehead atoms. The number of rotatable bonds is 52. The number of allylic oxidation sites excluding steroid dienone is 32. The van der Waals surface area contributed by atoms with Crippen LogP contribution in [-0.2, 0) is 32.7 Å². The second-order valence-corrected chi connectivity index (χ2v) is 21.7. The van der Waals surface area contributed by atoms with Gasteiger partial charge in [-0.25, -0.2) is 0 Å². The molecule has 2 atom stereocenters. The van der Waals surface area contributed by atoms with Crippen LogP contribution in [0.1, 0.15) is 181 Å². The zero-order valence-corrected chi connectivity index (χ0v) is 51.3. The van der Waals surface area contributed by atoms with E-state index in [9.17, 15) is 19.0 Å². The van der Waals surface area contributed by atoms with Gasteiger partial charge in [-0.3, -0.25) is 14.2 Å². The first-order chi connectivity index (χ1) is 39.0. The van der Waals surface area contributed by atoms with Crippen LogP contribution in [0.2, 0.25) is 0 Å². The van der Waals surface area contributed by atoms with Gasteiger partial charge in [0.25, 0.3) is 7.82 Å². The van der Waals surface area contributed by atoms with Gasteiger partial charge in [-0.1, -0.05) is 221 Å². The lowest BCUT2D eigenvalue weighted by Crippen LogP contribution is -2.37. The Hall–Kier alpha value is -5.15. The van der Waals surface area contributed by atoms with Gasteiger partial charge in [0.2, 0.25) is 0 Å². The summed E-state index contributed by atoms with van der Waals surface area (Å²) in [7, 11) is 1.09. The Kier molecular flexibility index (Phi) is 54.7. The van der Waals surface area contributed by atoms with E-state index in [-0.39, 0.29) is 26.1 Å². The molecule has 0 aliphatic heterocycles. The molecule has 0 radical (unpaired) electrons. The summed E-state index contributed by atoms with van der Waals surface area (Å²) in [5.74, 6) is -0.930. The zero-order chi connectivity index (χ0) is 58.4. The smallest absolute Gasteiger partial charge is 0.306 e. The molecular weight excluding hydrogens is 1010 g/mol. The Morgan fingerprint density at radius 3 is 0.975 bits per heavy atom. The number of hydrogen-bond donors (Lipinski definition) is 0. The fourth-order valence-corrected chi connectivity index (χ4v) is 7.77. The van der Waals surface area contributed by atoms with Crippen LogP contribution in [0.4, 0.5) is 0 Å². The second-order valence-electron chi connectivity index (χ2n) is 20.2. The number of carbonyl (C=O) groups is 2. The average Bonchev–Trinajstić information content (AvgIpc) is 3.42. The predicted octanol–water partition coefficient (Wildman–Crippen LogP) is 18.7. The quantitative estimate of drug-likeness (QED) is 0.0195. The molecule has 0 saturated heterocycles. The largest absolute Gasteiger partial charge is 0.756 e. The Bertz CT molecular complexity index is 2050. The zero-order valence-electron chi connectivity index (χ0n) is 50.4. The van der Waals surface area contributed by atoms with Gasteiger partial charge in [0.15, 0.2) is 6.10 Å². The van der Waals surface area contributed by atoms with Crippen LogP contribution in [0.3, 0.4) is 0 Å². The Labute approximate surface area is 488 Å². The number of likely N-dealkylation sites (N-methyl/N-ethyl adjacent to an activating group) is 1. The monoisotopic (exact) mass is 1120 g/mol. The van der Waals surface area contributed by atoms with Crippen LogP contribution in [0.15, 0.2) is 194 Å². The maximum atomic E-state index is 12.8. The normalized spacial score (nSPS) is 14.6. The first-order valence-electron chi connectivity index (χ1n) is 30.1. The lowest BCUT2D eigenvalue weighted by atomic mass is 10.1. The summed E-state index contributed by atoms with van der Waals surface area (Å²) in [6, 6.07) is 0. The van der Waals surface area contributed by atoms with E-state index in [0.717, 1.165) is 141 Å². The Morgan fingerprint density at radius 1 is 0.388 bits per heavy atom. The van der Waals surface area contributed by atoms with Crippen LogP contribution in [0.25, 0.3) is 0 Å². The highest BCUT2D eigenvalue weighted by molar-refractivity contribution is 7.45. The Morgan fingerprint density at radius 2 is 0.675 bits per heavy atom. The lowest BCUT2D eigenvalue weighted by molar-refractivity contribution is -0.870. The summed E-state index contributed by atoms with van der Waals surface area (Å²) >= 11 is 0. The molecule has 9 nitrogen and oxygen atoms in total. The van der Waals surface area contributed by atoms with Crippen molar-refractivity contribution in [2.45, 2.75) is 187 Å². The van der Waals surface area contributed by atoms with E-state index in [1.54, 1.807) is 0 Å². The molecule has 0 rings (SSSR count). The molecule has 0 aromatic rings. The summed E-state index contributed by atoms with van der Waals surface area (Å²) in [4.78, 5) is 37.9. The van der Waals surface area contributed by atoms with E-state index in [2.05, 4.69) is 208 Å². The summed E-state index contributed by atoms with van der Waals surface area (Å²) in [5, 5.41) is 0. The van der Waals surface area contributed by atoms with Gasteiger partial charge >= 0.3 is 11.9 Å². The molecule has 446 valence electrons. The van der Waals surface area contributed by atoms with Crippen molar-refractivity contribution in [1.82, 2.24) is 0 Å². The molecule has 0 heterocycles. The number of quaternary nitrogens is 1. The Balaban J connectivity index is 4.32. The number of carbonyl (C=O) groups excluding carboxylic acids is 2. The minimum absolute atomic E-state index is 0.0555. The maximum Gasteiger partial charge on any atom is 0.306 e. The molecule has 2 unspecified atom stereocenters. The molecule has 0 saturated carbocycles. The third kappa shape index (κ3) is 62.1. The van der Waals surface area contributed by atoms with E-state index >= 15 is 0 Å². The molecule has 80 heavy (non-hydrogen) atoms. The van der Waals surface area contributed by atoms with Crippen molar-refractivity contribution >= 4 is 19.8 Å². The van der Waals surface area contributed by atoms with Crippen molar-refractivity contribution in [2.24, 2.45) is 0 Å². The molecule has 0 spiro atoms. The van der Waals surface area contributed by atoms with Crippen LogP contribution in [-0.4, -0.2) is 70.0 Å². The van der Waals surface area contributed by atoms with Gasteiger partial charge in [0, 0.05) is 12.8 Å². The van der Waals surface area contributed by atoms with Crippen molar-refractivity contribution in [1.29, 1.82) is 0 Å². The number of nitrogens with zero attached hydrogens (tertiary/aromatic N) is 1. The van der Waals surface area contributed by atoms with E-state index in [4.69, 9.17) is 18.5 Å². The van der Waals surface area contributed by atoms with E-state index in [1.807, 2.05) is 21.1 Å². The fourth-order valence-electron chi connectivity index (χ4n) is 7.04. The molecule has 0 aliphatic rings. The van der Waals surface area contributed by atoms with Crippen molar-refractivity contribution < 1.29 is 42.1 Å². The van der Waals surface area contributed by atoms with E-state index in [1.165, 1.54) is 0 Å². The predicted molar refractivity (Wildman–Crippen MR) is 341 cm³/mol. The summed E-state index contributed by atoms with van der Waals surface area (Å²) < 4.78 is 34.1. The number of phosphoric acid groups is 1. The highest BCUT2D eigenvalue weighted by Crippen LogP contribution is 2.38. The highest BCUT2D eigenvalue weighted by Gasteiger charge is 2.21. The lowest BCUT2D eigenvalue weighted by Gasteiger charge is -2.28. The van der Waals surface area contributed by atoms with Gasteiger partial charge in [-0.15, -0.1) is 0 Å².